The largest absolute Gasteiger partial charge is 0.438 e. The molecule has 1 rings (SSSR count). The van der Waals surface area contributed by atoms with E-state index >= 15 is 0 Å². The van der Waals surface area contributed by atoms with Crippen LogP contribution in [0.1, 0.15) is 26.2 Å². The summed E-state index contributed by atoms with van der Waals surface area (Å²) in [6, 6.07) is 0. The number of rotatable bonds is 6. The third-order valence-corrected chi connectivity index (χ3v) is 4.15. The Balaban J connectivity index is 2.32. The SMILES string of the molecule is CCOCCOC1([P+](O)(O)O)CCC1. The van der Waals surface area contributed by atoms with Crippen molar-refractivity contribution in [2.45, 2.75) is 31.5 Å². The fourth-order valence-corrected chi connectivity index (χ4v) is 2.63. The van der Waals surface area contributed by atoms with Gasteiger partial charge in [0.2, 0.25) is 0 Å². The summed E-state index contributed by atoms with van der Waals surface area (Å²) < 4.78 is 10.4. The average molecular weight is 225 g/mol. The van der Waals surface area contributed by atoms with E-state index < -0.39 is 13.3 Å². The lowest BCUT2D eigenvalue weighted by molar-refractivity contribution is -0.0763. The third-order valence-electron chi connectivity index (χ3n) is 2.48. The Bertz CT molecular complexity index is 175. The molecule has 0 heterocycles. The predicted molar refractivity (Wildman–Crippen MR) is 52.6 cm³/mol. The van der Waals surface area contributed by atoms with E-state index in [1.165, 1.54) is 0 Å². The summed E-state index contributed by atoms with van der Waals surface area (Å²) in [6.45, 7) is 3.18. The van der Waals surface area contributed by atoms with E-state index in [4.69, 9.17) is 9.47 Å². The van der Waals surface area contributed by atoms with Crippen LogP contribution in [-0.4, -0.2) is 39.8 Å². The molecule has 1 fully saturated rings. The number of hydrogen-bond acceptors (Lipinski definition) is 5. The van der Waals surface area contributed by atoms with Crippen LogP contribution in [0.25, 0.3) is 0 Å². The van der Waals surface area contributed by atoms with Crippen molar-refractivity contribution in [2.75, 3.05) is 19.8 Å². The van der Waals surface area contributed by atoms with Gasteiger partial charge in [-0.15, -0.1) is 0 Å². The molecular formula is C8H18O5P+. The Labute approximate surface area is 84.2 Å². The monoisotopic (exact) mass is 225 g/mol. The molecule has 0 aromatic rings. The lowest BCUT2D eigenvalue weighted by atomic mass is 9.95. The van der Waals surface area contributed by atoms with Crippen molar-refractivity contribution in [3.63, 3.8) is 0 Å². The first-order valence-electron chi connectivity index (χ1n) is 4.81. The molecule has 0 aliphatic heterocycles. The Hall–Kier alpha value is 0.230. The van der Waals surface area contributed by atoms with Gasteiger partial charge in [0.05, 0.1) is 13.2 Å². The summed E-state index contributed by atoms with van der Waals surface area (Å²) in [4.78, 5) is 27.6. The van der Waals surface area contributed by atoms with E-state index in [0.29, 0.717) is 26.1 Å². The van der Waals surface area contributed by atoms with Gasteiger partial charge in [0.1, 0.15) is 0 Å². The molecule has 0 aromatic heterocycles. The minimum absolute atomic E-state index is 0.289. The van der Waals surface area contributed by atoms with E-state index in [2.05, 4.69) is 0 Å². The Morgan fingerprint density at radius 3 is 2.21 bits per heavy atom. The van der Waals surface area contributed by atoms with Crippen LogP contribution in [0.5, 0.6) is 0 Å². The Kier molecular flexibility index (Phi) is 4.25. The number of ether oxygens (including phenoxy) is 2. The molecule has 0 amide bonds. The van der Waals surface area contributed by atoms with Gasteiger partial charge in [-0.25, -0.2) is 0 Å². The molecule has 0 unspecified atom stereocenters. The van der Waals surface area contributed by atoms with Gasteiger partial charge in [0.15, 0.2) is 0 Å². The van der Waals surface area contributed by atoms with Gasteiger partial charge in [-0.05, 0) is 13.3 Å². The average Bonchev–Trinajstić information content (AvgIpc) is 1.98. The smallest absolute Gasteiger partial charge is 0.379 e. The molecule has 14 heavy (non-hydrogen) atoms. The van der Waals surface area contributed by atoms with Crippen LogP contribution >= 0.6 is 7.94 Å². The fourth-order valence-electron chi connectivity index (χ4n) is 1.45. The van der Waals surface area contributed by atoms with Gasteiger partial charge in [-0.3, -0.25) is 0 Å². The standard InChI is InChI=1S/C8H18O5P/c1-2-12-6-7-13-8(4-3-5-8)14(9,10)11/h9-11H,2-7H2,1H3/q+1. The molecular weight excluding hydrogens is 207 g/mol. The van der Waals surface area contributed by atoms with Crippen molar-refractivity contribution in [3.8, 4) is 0 Å². The molecule has 0 radical (unpaired) electrons. The molecule has 3 N–H and O–H groups in total. The predicted octanol–water partition coefficient (Wildman–Crippen LogP) is 0.659. The maximum atomic E-state index is 9.20. The van der Waals surface area contributed by atoms with Gasteiger partial charge >= 0.3 is 7.94 Å². The highest BCUT2D eigenvalue weighted by Gasteiger charge is 2.63. The minimum Gasteiger partial charge on any atom is -0.379 e. The molecule has 0 spiro atoms. The summed E-state index contributed by atoms with van der Waals surface area (Å²) >= 11 is 0. The van der Waals surface area contributed by atoms with Crippen molar-refractivity contribution in [1.29, 1.82) is 0 Å². The summed E-state index contributed by atoms with van der Waals surface area (Å²) in [5.41, 5.74) is 0. The maximum absolute atomic E-state index is 9.20. The lowest BCUT2D eigenvalue weighted by Gasteiger charge is -2.38. The van der Waals surface area contributed by atoms with Crippen LogP contribution in [0.2, 0.25) is 0 Å². The minimum atomic E-state index is -3.88. The first-order valence-corrected chi connectivity index (χ1v) is 6.46. The van der Waals surface area contributed by atoms with E-state index in [1.807, 2.05) is 6.92 Å². The summed E-state index contributed by atoms with van der Waals surface area (Å²) in [6.07, 6.45) is 1.88. The lowest BCUT2D eigenvalue weighted by Crippen LogP contribution is -2.42. The zero-order chi connectivity index (χ0) is 10.7. The summed E-state index contributed by atoms with van der Waals surface area (Å²) in [5, 5.41) is -1.09. The van der Waals surface area contributed by atoms with Gasteiger partial charge < -0.3 is 9.47 Å². The van der Waals surface area contributed by atoms with Crippen LogP contribution in [0.15, 0.2) is 0 Å². The molecule has 0 atom stereocenters. The Morgan fingerprint density at radius 1 is 1.21 bits per heavy atom. The van der Waals surface area contributed by atoms with Crippen molar-refractivity contribution < 1.29 is 24.2 Å². The van der Waals surface area contributed by atoms with Crippen molar-refractivity contribution >= 4 is 7.94 Å². The van der Waals surface area contributed by atoms with Crippen LogP contribution in [0, 0.1) is 0 Å². The zero-order valence-electron chi connectivity index (χ0n) is 8.35. The topological polar surface area (TPSA) is 79.2 Å². The second-order valence-corrected chi connectivity index (χ2v) is 5.37. The number of hydrogen-bond donors (Lipinski definition) is 3. The molecule has 0 aromatic carbocycles. The van der Waals surface area contributed by atoms with Crippen LogP contribution in [0.3, 0.4) is 0 Å². The quantitative estimate of drug-likeness (QED) is 0.457. The van der Waals surface area contributed by atoms with Crippen molar-refractivity contribution in [1.82, 2.24) is 0 Å². The van der Waals surface area contributed by atoms with Crippen molar-refractivity contribution in [3.05, 3.63) is 0 Å². The molecule has 5 nitrogen and oxygen atoms in total. The van der Waals surface area contributed by atoms with Crippen molar-refractivity contribution in [2.24, 2.45) is 0 Å². The maximum Gasteiger partial charge on any atom is 0.438 e. The first-order chi connectivity index (χ1) is 6.52. The van der Waals surface area contributed by atoms with E-state index in [-0.39, 0.29) is 6.61 Å². The summed E-state index contributed by atoms with van der Waals surface area (Å²) in [5.74, 6) is 0. The van der Waals surface area contributed by atoms with Gasteiger partial charge in [-0.2, -0.15) is 14.7 Å². The fraction of sp³-hybridized carbons (Fsp3) is 1.00. The molecule has 84 valence electrons. The van der Waals surface area contributed by atoms with Crippen LogP contribution < -0.4 is 0 Å². The highest BCUT2D eigenvalue weighted by atomic mass is 31.2. The molecule has 0 bridgehead atoms. The molecule has 6 heteroatoms. The highest BCUT2D eigenvalue weighted by Crippen LogP contribution is 2.67. The molecule has 1 saturated carbocycles. The van der Waals surface area contributed by atoms with E-state index in [0.717, 1.165) is 6.42 Å². The van der Waals surface area contributed by atoms with E-state index in [9.17, 15) is 14.7 Å². The van der Waals surface area contributed by atoms with Crippen LogP contribution in [0.4, 0.5) is 0 Å². The van der Waals surface area contributed by atoms with Crippen LogP contribution in [-0.2, 0) is 9.47 Å². The van der Waals surface area contributed by atoms with Gasteiger partial charge in [0.25, 0.3) is 5.34 Å². The molecule has 1 aliphatic rings. The normalized spacial score (nSPS) is 20.6. The molecule has 0 saturated heterocycles. The van der Waals surface area contributed by atoms with E-state index in [1.54, 1.807) is 0 Å². The first kappa shape index (κ1) is 12.3. The van der Waals surface area contributed by atoms with Gasteiger partial charge in [-0.1, -0.05) is 0 Å². The third kappa shape index (κ3) is 2.63. The Morgan fingerprint density at radius 2 is 1.86 bits per heavy atom. The second kappa shape index (κ2) is 4.84. The highest BCUT2D eigenvalue weighted by molar-refractivity contribution is 7.60. The molecule has 1 aliphatic carbocycles. The van der Waals surface area contributed by atoms with Gasteiger partial charge in [0, 0.05) is 19.4 Å². The summed E-state index contributed by atoms with van der Waals surface area (Å²) in [7, 11) is -3.88. The second-order valence-electron chi connectivity index (χ2n) is 3.41. The zero-order valence-corrected chi connectivity index (χ0v) is 9.24.